The first kappa shape index (κ1) is 16.0. The van der Waals surface area contributed by atoms with Crippen LogP contribution in [0.15, 0.2) is 0 Å². The molecule has 0 bridgehead atoms. The summed E-state index contributed by atoms with van der Waals surface area (Å²) in [6, 6.07) is -2.00. The Labute approximate surface area is 119 Å². The van der Waals surface area contributed by atoms with Crippen molar-refractivity contribution in [3.8, 4) is 0 Å². The number of amides is 2. The molecular formula is C13H18F4N2O2. The predicted octanol–water partition coefficient (Wildman–Crippen LogP) is 1.65. The van der Waals surface area contributed by atoms with Crippen molar-refractivity contribution in [2.45, 2.75) is 51.1 Å². The number of nitrogens with zero attached hydrogens (tertiary/aromatic N) is 1. The average Bonchev–Trinajstić information content (AvgIpc) is 3.16. The van der Waals surface area contributed by atoms with E-state index in [0.29, 0.717) is 4.90 Å². The Balaban J connectivity index is 2.25. The van der Waals surface area contributed by atoms with Crippen LogP contribution in [0.1, 0.15) is 26.7 Å². The Hall–Kier alpha value is -1.34. The van der Waals surface area contributed by atoms with Crippen molar-refractivity contribution in [3.63, 3.8) is 0 Å². The molecule has 2 unspecified atom stereocenters. The van der Waals surface area contributed by atoms with Gasteiger partial charge in [-0.15, -0.1) is 0 Å². The van der Waals surface area contributed by atoms with Crippen molar-refractivity contribution in [1.82, 2.24) is 10.2 Å². The molecule has 0 aromatic heterocycles. The van der Waals surface area contributed by atoms with E-state index in [-0.39, 0.29) is 5.92 Å². The highest BCUT2D eigenvalue weighted by atomic mass is 19.3. The van der Waals surface area contributed by atoms with Gasteiger partial charge in [-0.05, 0) is 24.7 Å². The van der Waals surface area contributed by atoms with Gasteiger partial charge < -0.3 is 10.2 Å². The van der Waals surface area contributed by atoms with Gasteiger partial charge in [0.05, 0.1) is 6.54 Å². The molecule has 4 nitrogen and oxygen atoms in total. The molecule has 0 aromatic carbocycles. The Morgan fingerprint density at radius 2 is 1.86 bits per heavy atom. The zero-order chi connectivity index (χ0) is 15.9. The summed E-state index contributed by atoms with van der Waals surface area (Å²) in [6.45, 7) is 1.74. The second-order valence-corrected chi connectivity index (χ2v) is 6.04. The maximum Gasteiger partial charge on any atom is 0.324 e. The van der Waals surface area contributed by atoms with Crippen LogP contribution in [0.2, 0.25) is 0 Å². The van der Waals surface area contributed by atoms with Gasteiger partial charge in [0.1, 0.15) is 12.1 Å². The standard InChI is InChI=1S/C13H18F4N2O2/c1-6(2)9-10(20)18-8(7-3-4-7)11(21)19(9)5-13(16,17)12(14)15/h6-9,12H,3-5H2,1-2H3,(H,18,20). The van der Waals surface area contributed by atoms with Gasteiger partial charge in [-0.2, -0.15) is 8.78 Å². The Bertz CT molecular complexity index is 438. The van der Waals surface area contributed by atoms with E-state index < -0.39 is 48.7 Å². The maximum atomic E-state index is 13.3. The van der Waals surface area contributed by atoms with Crippen LogP contribution in [-0.2, 0) is 9.59 Å². The van der Waals surface area contributed by atoms with Gasteiger partial charge in [-0.1, -0.05) is 13.8 Å². The summed E-state index contributed by atoms with van der Waals surface area (Å²) in [4.78, 5) is 25.0. The average molecular weight is 310 g/mol. The first-order valence-electron chi connectivity index (χ1n) is 6.92. The first-order valence-corrected chi connectivity index (χ1v) is 6.92. The third-order valence-corrected chi connectivity index (χ3v) is 3.88. The highest BCUT2D eigenvalue weighted by Gasteiger charge is 2.52. The first-order chi connectivity index (χ1) is 9.65. The molecule has 0 radical (unpaired) electrons. The van der Waals surface area contributed by atoms with E-state index in [4.69, 9.17) is 0 Å². The monoisotopic (exact) mass is 310 g/mol. The summed E-state index contributed by atoms with van der Waals surface area (Å²) in [6.07, 6.45) is -2.42. The predicted molar refractivity (Wildman–Crippen MR) is 65.9 cm³/mol. The Kier molecular flexibility index (Phi) is 4.17. The van der Waals surface area contributed by atoms with Crippen molar-refractivity contribution < 1.29 is 27.2 Å². The lowest BCUT2D eigenvalue weighted by Gasteiger charge is -2.42. The number of nitrogens with one attached hydrogen (secondary N) is 1. The largest absolute Gasteiger partial charge is 0.342 e. The van der Waals surface area contributed by atoms with Crippen LogP contribution in [-0.4, -0.2) is 47.7 Å². The molecule has 120 valence electrons. The minimum absolute atomic E-state index is 0.0720. The molecule has 1 heterocycles. The zero-order valence-electron chi connectivity index (χ0n) is 11.8. The molecule has 2 atom stereocenters. The van der Waals surface area contributed by atoms with Gasteiger partial charge in [-0.25, -0.2) is 8.78 Å². The van der Waals surface area contributed by atoms with Crippen LogP contribution in [0.3, 0.4) is 0 Å². The smallest absolute Gasteiger partial charge is 0.324 e. The summed E-state index contributed by atoms with van der Waals surface area (Å²) in [5.74, 6) is -6.07. The van der Waals surface area contributed by atoms with Crippen LogP contribution in [0, 0.1) is 11.8 Å². The Morgan fingerprint density at radius 1 is 1.29 bits per heavy atom. The molecule has 0 aromatic rings. The van der Waals surface area contributed by atoms with Crippen molar-refractivity contribution in [3.05, 3.63) is 0 Å². The summed E-state index contributed by atoms with van der Waals surface area (Å²) in [5.41, 5.74) is 0. The molecule has 0 spiro atoms. The zero-order valence-corrected chi connectivity index (χ0v) is 11.8. The van der Waals surface area contributed by atoms with Gasteiger partial charge >= 0.3 is 12.3 Å². The molecular weight excluding hydrogens is 292 g/mol. The second-order valence-electron chi connectivity index (χ2n) is 6.04. The van der Waals surface area contributed by atoms with E-state index in [1.165, 1.54) is 0 Å². The van der Waals surface area contributed by atoms with E-state index in [1.54, 1.807) is 13.8 Å². The molecule has 1 saturated carbocycles. The minimum Gasteiger partial charge on any atom is -0.342 e. The lowest BCUT2D eigenvalue weighted by molar-refractivity contribution is -0.172. The molecule has 1 aliphatic carbocycles. The molecule has 2 aliphatic rings. The third-order valence-electron chi connectivity index (χ3n) is 3.88. The molecule has 21 heavy (non-hydrogen) atoms. The van der Waals surface area contributed by atoms with Crippen LogP contribution >= 0.6 is 0 Å². The topological polar surface area (TPSA) is 49.4 Å². The fourth-order valence-corrected chi connectivity index (χ4v) is 2.64. The highest BCUT2D eigenvalue weighted by Crippen LogP contribution is 2.36. The normalized spacial score (nSPS) is 27.5. The minimum atomic E-state index is -4.32. The second kappa shape index (κ2) is 5.46. The number of piperazine rings is 1. The number of carbonyl (C=O) groups is 2. The van der Waals surface area contributed by atoms with Crippen LogP contribution in [0.5, 0.6) is 0 Å². The summed E-state index contributed by atoms with van der Waals surface area (Å²) in [5, 5.41) is 2.54. The van der Waals surface area contributed by atoms with Crippen molar-refractivity contribution in [2.24, 2.45) is 11.8 Å². The quantitative estimate of drug-likeness (QED) is 0.785. The number of halogens is 4. The number of hydrogen-bond acceptors (Lipinski definition) is 2. The fraction of sp³-hybridized carbons (Fsp3) is 0.846. The highest BCUT2D eigenvalue weighted by molar-refractivity contribution is 5.97. The van der Waals surface area contributed by atoms with Gasteiger partial charge in [-0.3, -0.25) is 9.59 Å². The van der Waals surface area contributed by atoms with Gasteiger partial charge in [0, 0.05) is 0 Å². The van der Waals surface area contributed by atoms with E-state index >= 15 is 0 Å². The molecule has 1 aliphatic heterocycles. The van der Waals surface area contributed by atoms with E-state index in [9.17, 15) is 27.2 Å². The van der Waals surface area contributed by atoms with Crippen molar-refractivity contribution >= 4 is 11.8 Å². The SMILES string of the molecule is CC(C)C1C(=O)NC(C2CC2)C(=O)N1CC(F)(F)C(F)F. The van der Waals surface area contributed by atoms with Crippen LogP contribution in [0.25, 0.3) is 0 Å². The van der Waals surface area contributed by atoms with Crippen molar-refractivity contribution in [1.29, 1.82) is 0 Å². The molecule has 2 fully saturated rings. The third kappa shape index (κ3) is 3.13. The Morgan fingerprint density at radius 3 is 2.29 bits per heavy atom. The van der Waals surface area contributed by atoms with Gasteiger partial charge in [0.15, 0.2) is 0 Å². The molecule has 2 amide bonds. The number of rotatable bonds is 5. The molecule has 8 heteroatoms. The van der Waals surface area contributed by atoms with E-state index in [1.807, 2.05) is 0 Å². The lowest BCUT2D eigenvalue weighted by Crippen LogP contribution is -2.67. The van der Waals surface area contributed by atoms with Crippen LogP contribution in [0.4, 0.5) is 17.6 Å². The molecule has 1 saturated heterocycles. The fourth-order valence-electron chi connectivity index (χ4n) is 2.64. The summed E-state index contributed by atoms with van der Waals surface area (Å²) >= 11 is 0. The summed E-state index contributed by atoms with van der Waals surface area (Å²) in [7, 11) is 0. The lowest BCUT2D eigenvalue weighted by atomic mass is 9.95. The van der Waals surface area contributed by atoms with E-state index in [2.05, 4.69) is 5.32 Å². The van der Waals surface area contributed by atoms with Gasteiger partial charge in [0.25, 0.3) is 0 Å². The number of alkyl halides is 4. The maximum absolute atomic E-state index is 13.3. The van der Waals surface area contributed by atoms with E-state index in [0.717, 1.165) is 12.8 Å². The number of hydrogen-bond donors (Lipinski definition) is 1. The van der Waals surface area contributed by atoms with Crippen LogP contribution < -0.4 is 5.32 Å². The number of carbonyl (C=O) groups excluding carboxylic acids is 2. The summed E-state index contributed by atoms with van der Waals surface area (Å²) < 4.78 is 51.5. The molecule has 1 N–H and O–H groups in total. The molecule has 2 rings (SSSR count). The van der Waals surface area contributed by atoms with Gasteiger partial charge in [0.2, 0.25) is 11.8 Å². The van der Waals surface area contributed by atoms with Crippen molar-refractivity contribution in [2.75, 3.05) is 6.54 Å².